The van der Waals surface area contributed by atoms with Gasteiger partial charge in [0, 0.05) is 27.8 Å². The zero-order valence-electron chi connectivity index (χ0n) is 12.8. The van der Waals surface area contributed by atoms with Crippen LogP contribution in [0.3, 0.4) is 0 Å². The summed E-state index contributed by atoms with van der Waals surface area (Å²) in [6.07, 6.45) is 0. The van der Waals surface area contributed by atoms with Crippen molar-refractivity contribution in [2.45, 2.75) is 13.8 Å². The molecule has 0 atom stereocenters. The minimum Gasteiger partial charge on any atom is -0.324 e. The Labute approximate surface area is 148 Å². The zero-order chi connectivity index (χ0) is 17.0. The molecule has 2 aromatic carbocycles. The van der Waals surface area contributed by atoms with Crippen molar-refractivity contribution >= 4 is 50.7 Å². The first kappa shape index (κ1) is 17.5. The number of carbonyl (C=O) groups is 2. The number of halogens is 2. The molecule has 0 heterocycles. The van der Waals surface area contributed by atoms with Gasteiger partial charge in [-0.05, 0) is 42.8 Å². The summed E-state index contributed by atoms with van der Waals surface area (Å²) in [7, 11) is 0. The van der Waals surface area contributed by atoms with Gasteiger partial charge in [0.05, 0.1) is 0 Å². The maximum atomic E-state index is 12.3. The van der Waals surface area contributed by atoms with Crippen molar-refractivity contribution in [2.75, 3.05) is 16.8 Å². The van der Waals surface area contributed by atoms with Crippen molar-refractivity contribution in [1.82, 2.24) is 0 Å². The second-order valence-corrected chi connectivity index (χ2v) is 6.45. The molecule has 6 heteroatoms. The minimum absolute atomic E-state index is 0.0803. The minimum atomic E-state index is -0.280. The quantitative estimate of drug-likeness (QED) is 0.834. The summed E-state index contributed by atoms with van der Waals surface area (Å²) in [4.78, 5) is 25.6. The van der Waals surface area contributed by atoms with E-state index in [-0.39, 0.29) is 18.4 Å². The molecule has 0 aliphatic heterocycles. The summed E-state index contributed by atoms with van der Waals surface area (Å²) in [6, 6.07) is 12.5. The predicted octanol–water partition coefficient (Wildman–Crippen LogP) is 4.40. The van der Waals surface area contributed by atoms with Crippen LogP contribution in [0.15, 0.2) is 46.9 Å². The van der Waals surface area contributed by atoms with Crippen LogP contribution in [0.5, 0.6) is 0 Å². The molecule has 0 spiro atoms. The molecule has 0 unspecified atom stereocenters. The molecule has 0 bridgehead atoms. The number of benzene rings is 2. The Bertz CT molecular complexity index is 749. The first-order chi connectivity index (χ1) is 10.9. The molecule has 2 aromatic rings. The average molecular weight is 396 g/mol. The maximum Gasteiger partial charge on any atom is 0.244 e. The molecular weight excluding hydrogens is 380 g/mol. The van der Waals surface area contributed by atoms with E-state index in [9.17, 15) is 9.59 Å². The van der Waals surface area contributed by atoms with Gasteiger partial charge in [-0.2, -0.15) is 0 Å². The van der Waals surface area contributed by atoms with Crippen LogP contribution < -0.4 is 10.2 Å². The first-order valence-electron chi connectivity index (χ1n) is 6.96. The molecule has 0 aromatic heterocycles. The van der Waals surface area contributed by atoms with Gasteiger partial charge in [-0.3, -0.25) is 9.59 Å². The highest BCUT2D eigenvalue weighted by molar-refractivity contribution is 9.10. The van der Waals surface area contributed by atoms with E-state index in [1.807, 2.05) is 25.1 Å². The monoisotopic (exact) mass is 394 g/mol. The van der Waals surface area contributed by atoms with Crippen LogP contribution in [0.1, 0.15) is 12.5 Å². The van der Waals surface area contributed by atoms with Gasteiger partial charge in [-0.1, -0.05) is 39.7 Å². The van der Waals surface area contributed by atoms with Crippen molar-refractivity contribution in [3.8, 4) is 0 Å². The lowest BCUT2D eigenvalue weighted by atomic mass is 10.1. The van der Waals surface area contributed by atoms with Gasteiger partial charge in [0.2, 0.25) is 11.8 Å². The molecule has 0 radical (unpaired) electrons. The van der Waals surface area contributed by atoms with Crippen molar-refractivity contribution in [1.29, 1.82) is 0 Å². The molecule has 0 saturated heterocycles. The van der Waals surface area contributed by atoms with Gasteiger partial charge in [0.15, 0.2) is 0 Å². The van der Waals surface area contributed by atoms with Crippen LogP contribution in [0.2, 0.25) is 5.02 Å². The van der Waals surface area contributed by atoms with Crippen LogP contribution in [-0.4, -0.2) is 18.4 Å². The summed E-state index contributed by atoms with van der Waals surface area (Å²) >= 11 is 9.36. The Kier molecular flexibility index (Phi) is 5.80. The van der Waals surface area contributed by atoms with Crippen LogP contribution in [0.25, 0.3) is 0 Å². The van der Waals surface area contributed by atoms with Crippen LogP contribution >= 0.6 is 27.5 Å². The number of carbonyl (C=O) groups excluding carboxylic acids is 2. The van der Waals surface area contributed by atoms with Crippen molar-refractivity contribution in [3.63, 3.8) is 0 Å². The molecule has 2 rings (SSSR count). The van der Waals surface area contributed by atoms with E-state index in [1.165, 1.54) is 11.8 Å². The number of anilines is 2. The number of nitrogens with one attached hydrogen (secondary N) is 1. The highest BCUT2D eigenvalue weighted by atomic mass is 79.9. The van der Waals surface area contributed by atoms with Crippen molar-refractivity contribution in [3.05, 3.63) is 57.5 Å². The molecule has 4 nitrogen and oxygen atoms in total. The van der Waals surface area contributed by atoms with Gasteiger partial charge in [0.1, 0.15) is 6.54 Å². The Morgan fingerprint density at radius 1 is 1.22 bits per heavy atom. The van der Waals surface area contributed by atoms with Crippen molar-refractivity contribution < 1.29 is 9.59 Å². The number of hydrogen-bond donors (Lipinski definition) is 1. The third-order valence-electron chi connectivity index (χ3n) is 3.25. The summed E-state index contributed by atoms with van der Waals surface area (Å²) in [6.45, 7) is 3.21. The van der Waals surface area contributed by atoms with E-state index in [2.05, 4.69) is 21.2 Å². The van der Waals surface area contributed by atoms with E-state index in [4.69, 9.17) is 11.6 Å². The second kappa shape index (κ2) is 7.62. The third kappa shape index (κ3) is 4.81. The molecule has 0 aliphatic rings. The SMILES string of the molecule is CC(=O)N(CC(=O)Nc1cccc(Br)c1)c1cc(Cl)ccc1C. The van der Waals surface area contributed by atoms with E-state index in [0.717, 1.165) is 10.0 Å². The second-order valence-electron chi connectivity index (χ2n) is 5.09. The molecular formula is C17H16BrClN2O2. The molecule has 2 amide bonds. The van der Waals surface area contributed by atoms with Gasteiger partial charge in [-0.25, -0.2) is 0 Å². The van der Waals surface area contributed by atoms with Gasteiger partial charge in [-0.15, -0.1) is 0 Å². The fourth-order valence-corrected chi connectivity index (χ4v) is 2.72. The largest absolute Gasteiger partial charge is 0.324 e. The highest BCUT2D eigenvalue weighted by Crippen LogP contribution is 2.24. The summed E-state index contributed by atoms with van der Waals surface area (Å²) in [5, 5.41) is 3.29. The lowest BCUT2D eigenvalue weighted by Crippen LogP contribution is -2.37. The Morgan fingerprint density at radius 2 is 1.96 bits per heavy atom. The first-order valence-corrected chi connectivity index (χ1v) is 8.13. The smallest absolute Gasteiger partial charge is 0.244 e. The predicted molar refractivity (Wildman–Crippen MR) is 97.0 cm³/mol. The van der Waals surface area contributed by atoms with Crippen LogP contribution in [0.4, 0.5) is 11.4 Å². The summed E-state index contributed by atoms with van der Waals surface area (Å²) in [5.41, 5.74) is 2.17. The highest BCUT2D eigenvalue weighted by Gasteiger charge is 2.18. The van der Waals surface area contributed by atoms with E-state index < -0.39 is 0 Å². The lowest BCUT2D eigenvalue weighted by molar-refractivity contribution is -0.120. The molecule has 0 aliphatic carbocycles. The van der Waals surface area contributed by atoms with E-state index >= 15 is 0 Å². The Hall–Kier alpha value is -1.85. The third-order valence-corrected chi connectivity index (χ3v) is 3.98. The number of amides is 2. The van der Waals surface area contributed by atoms with Crippen LogP contribution in [-0.2, 0) is 9.59 Å². The van der Waals surface area contributed by atoms with E-state index in [1.54, 1.807) is 24.3 Å². The zero-order valence-corrected chi connectivity index (χ0v) is 15.1. The molecule has 23 heavy (non-hydrogen) atoms. The van der Waals surface area contributed by atoms with E-state index in [0.29, 0.717) is 16.4 Å². The van der Waals surface area contributed by atoms with Crippen molar-refractivity contribution in [2.24, 2.45) is 0 Å². The normalized spacial score (nSPS) is 10.3. The topological polar surface area (TPSA) is 49.4 Å². The Morgan fingerprint density at radius 3 is 2.61 bits per heavy atom. The van der Waals surface area contributed by atoms with Gasteiger partial charge in [0.25, 0.3) is 0 Å². The lowest BCUT2D eigenvalue weighted by Gasteiger charge is -2.23. The molecule has 1 N–H and O–H groups in total. The number of nitrogens with zero attached hydrogens (tertiary/aromatic N) is 1. The number of rotatable bonds is 4. The number of aryl methyl sites for hydroxylation is 1. The number of hydrogen-bond acceptors (Lipinski definition) is 2. The standard InChI is InChI=1S/C17H16BrClN2O2/c1-11-6-7-14(19)9-16(11)21(12(2)22)10-17(23)20-15-5-3-4-13(18)8-15/h3-9H,10H2,1-2H3,(H,20,23). The average Bonchev–Trinajstić information content (AvgIpc) is 2.47. The van der Waals surface area contributed by atoms with Gasteiger partial charge < -0.3 is 10.2 Å². The summed E-state index contributed by atoms with van der Waals surface area (Å²) < 4.78 is 0.865. The summed E-state index contributed by atoms with van der Waals surface area (Å²) in [5.74, 6) is -0.502. The fourth-order valence-electron chi connectivity index (χ4n) is 2.15. The molecule has 120 valence electrons. The Balaban J connectivity index is 2.18. The molecule has 0 saturated carbocycles. The molecule has 0 fully saturated rings. The maximum absolute atomic E-state index is 12.3. The van der Waals surface area contributed by atoms with Crippen LogP contribution in [0, 0.1) is 6.92 Å². The van der Waals surface area contributed by atoms with Gasteiger partial charge >= 0.3 is 0 Å². The fraction of sp³-hybridized carbons (Fsp3) is 0.176.